The van der Waals surface area contributed by atoms with Gasteiger partial charge in [-0.2, -0.15) is 0 Å². The topological polar surface area (TPSA) is 65.5 Å². The predicted molar refractivity (Wildman–Crippen MR) is 73.6 cm³/mol. The summed E-state index contributed by atoms with van der Waals surface area (Å²) in [6.45, 7) is 1.32. The molecule has 20 heavy (non-hydrogen) atoms. The van der Waals surface area contributed by atoms with Crippen LogP contribution in [0.3, 0.4) is 0 Å². The maximum Gasteiger partial charge on any atom is 0.231 e. The van der Waals surface area contributed by atoms with Gasteiger partial charge in [0.15, 0.2) is 11.5 Å². The molecule has 104 valence electrons. The molecule has 1 aromatic heterocycles. The molecule has 1 aromatic carbocycles. The number of benzene rings is 1. The Morgan fingerprint density at radius 1 is 1.25 bits per heavy atom. The van der Waals surface area contributed by atoms with Gasteiger partial charge in [-0.1, -0.05) is 11.6 Å². The minimum atomic E-state index is 0.258. The van der Waals surface area contributed by atoms with E-state index in [1.54, 1.807) is 6.20 Å². The summed E-state index contributed by atoms with van der Waals surface area (Å²) in [6, 6.07) is 5.47. The summed E-state index contributed by atoms with van der Waals surface area (Å²) in [5.74, 6) is 2.79. The summed E-state index contributed by atoms with van der Waals surface area (Å²) < 4.78 is 16.1. The van der Waals surface area contributed by atoms with Gasteiger partial charge in [0.25, 0.3) is 0 Å². The van der Waals surface area contributed by atoms with Gasteiger partial charge < -0.3 is 19.5 Å². The van der Waals surface area contributed by atoms with Crippen LogP contribution < -0.4 is 19.5 Å². The highest BCUT2D eigenvalue weighted by Gasteiger charge is 2.13. The maximum absolute atomic E-state index is 5.74. The highest BCUT2D eigenvalue weighted by molar-refractivity contribution is 6.29. The lowest BCUT2D eigenvalue weighted by atomic mass is 10.3. The fourth-order valence-corrected chi connectivity index (χ4v) is 1.89. The third-order valence-electron chi connectivity index (χ3n) is 2.63. The van der Waals surface area contributed by atoms with Gasteiger partial charge in [0.1, 0.15) is 23.3 Å². The molecular formula is C13H12ClN3O3. The lowest BCUT2D eigenvalue weighted by molar-refractivity contribution is 0.174. The van der Waals surface area contributed by atoms with E-state index in [0.29, 0.717) is 29.9 Å². The van der Waals surface area contributed by atoms with Crippen LogP contribution in [0.15, 0.2) is 30.6 Å². The van der Waals surface area contributed by atoms with E-state index in [2.05, 4.69) is 15.3 Å². The van der Waals surface area contributed by atoms with E-state index in [-0.39, 0.29) is 6.79 Å². The summed E-state index contributed by atoms with van der Waals surface area (Å²) in [7, 11) is 0. The second kappa shape index (κ2) is 5.83. The number of hydrogen-bond donors (Lipinski definition) is 1. The van der Waals surface area contributed by atoms with Crippen LogP contribution >= 0.6 is 11.6 Å². The number of nitrogens with one attached hydrogen (secondary N) is 1. The molecule has 0 saturated heterocycles. The Morgan fingerprint density at radius 2 is 2.15 bits per heavy atom. The number of halogens is 1. The Bertz CT molecular complexity index is 609. The number of aromatic nitrogens is 2. The Balaban J connectivity index is 1.48. The first-order valence-corrected chi connectivity index (χ1v) is 6.43. The quantitative estimate of drug-likeness (QED) is 0.854. The average molecular weight is 294 g/mol. The van der Waals surface area contributed by atoms with E-state index in [1.165, 1.54) is 6.20 Å². The van der Waals surface area contributed by atoms with Crippen LogP contribution in [0, 0.1) is 0 Å². The van der Waals surface area contributed by atoms with E-state index in [4.69, 9.17) is 25.8 Å². The zero-order valence-corrected chi connectivity index (χ0v) is 11.3. The van der Waals surface area contributed by atoms with Gasteiger partial charge in [0.05, 0.1) is 18.9 Å². The molecule has 7 heteroatoms. The van der Waals surface area contributed by atoms with Gasteiger partial charge in [0.2, 0.25) is 6.79 Å². The van der Waals surface area contributed by atoms with Crippen molar-refractivity contribution in [2.45, 2.75) is 0 Å². The van der Waals surface area contributed by atoms with Crippen molar-refractivity contribution in [3.63, 3.8) is 0 Å². The number of rotatable bonds is 5. The van der Waals surface area contributed by atoms with Crippen LogP contribution in [0.25, 0.3) is 0 Å². The molecule has 2 heterocycles. The van der Waals surface area contributed by atoms with Crippen molar-refractivity contribution in [1.29, 1.82) is 0 Å². The summed E-state index contributed by atoms with van der Waals surface area (Å²) in [4.78, 5) is 8.00. The predicted octanol–water partition coefficient (Wildman–Crippen LogP) is 2.35. The van der Waals surface area contributed by atoms with Crippen molar-refractivity contribution < 1.29 is 14.2 Å². The zero-order valence-electron chi connectivity index (χ0n) is 10.5. The smallest absolute Gasteiger partial charge is 0.231 e. The fraction of sp³-hybridized carbons (Fsp3) is 0.231. The Labute approximate surface area is 120 Å². The highest BCUT2D eigenvalue weighted by Crippen LogP contribution is 2.34. The molecule has 6 nitrogen and oxygen atoms in total. The third-order valence-corrected chi connectivity index (χ3v) is 2.81. The highest BCUT2D eigenvalue weighted by atomic mass is 35.5. The summed E-state index contributed by atoms with van der Waals surface area (Å²) in [5, 5.41) is 3.42. The van der Waals surface area contributed by atoms with E-state index in [1.807, 2.05) is 18.2 Å². The Kier molecular flexibility index (Phi) is 3.73. The molecule has 1 N–H and O–H groups in total. The Morgan fingerprint density at radius 3 is 3.05 bits per heavy atom. The zero-order chi connectivity index (χ0) is 13.8. The molecule has 3 rings (SSSR count). The minimum Gasteiger partial charge on any atom is -0.492 e. The molecule has 0 aliphatic carbocycles. The standard InChI is InChI=1S/C13H12ClN3O3/c14-12-6-15-7-13(17-12)16-3-4-18-9-1-2-10-11(5-9)20-8-19-10/h1-2,5-7H,3-4,8H2,(H,16,17). The number of nitrogens with zero attached hydrogens (tertiary/aromatic N) is 2. The molecule has 0 spiro atoms. The van der Waals surface area contributed by atoms with Gasteiger partial charge in [0, 0.05) is 6.07 Å². The molecule has 0 radical (unpaired) electrons. The number of hydrogen-bond acceptors (Lipinski definition) is 6. The summed E-state index contributed by atoms with van der Waals surface area (Å²) in [6.07, 6.45) is 3.09. The van der Waals surface area contributed by atoms with Crippen LogP contribution in [-0.4, -0.2) is 29.9 Å². The molecular weight excluding hydrogens is 282 g/mol. The first kappa shape index (κ1) is 12.8. The SMILES string of the molecule is Clc1cncc(NCCOc2ccc3c(c2)OCO3)n1. The molecule has 0 bridgehead atoms. The molecule has 0 amide bonds. The molecule has 0 saturated carbocycles. The second-order valence-corrected chi connectivity index (χ2v) is 4.40. The normalized spacial score (nSPS) is 12.2. The number of anilines is 1. The molecule has 2 aromatic rings. The van der Waals surface area contributed by atoms with Gasteiger partial charge >= 0.3 is 0 Å². The van der Waals surface area contributed by atoms with Crippen LogP contribution in [0.5, 0.6) is 17.2 Å². The van der Waals surface area contributed by atoms with Gasteiger partial charge in [-0.3, -0.25) is 4.98 Å². The Hall–Kier alpha value is -2.21. The number of ether oxygens (including phenoxy) is 3. The van der Waals surface area contributed by atoms with Crippen molar-refractivity contribution in [2.75, 3.05) is 25.3 Å². The van der Waals surface area contributed by atoms with Crippen LogP contribution in [0.1, 0.15) is 0 Å². The first-order chi connectivity index (χ1) is 9.81. The largest absolute Gasteiger partial charge is 0.492 e. The van der Waals surface area contributed by atoms with Gasteiger partial charge in [-0.25, -0.2) is 4.98 Å². The minimum absolute atomic E-state index is 0.258. The van der Waals surface area contributed by atoms with E-state index in [9.17, 15) is 0 Å². The molecule has 1 aliphatic rings. The van der Waals surface area contributed by atoms with E-state index in [0.717, 1.165) is 11.5 Å². The first-order valence-electron chi connectivity index (χ1n) is 6.05. The summed E-state index contributed by atoms with van der Waals surface area (Å²) in [5.41, 5.74) is 0. The molecule has 0 atom stereocenters. The monoisotopic (exact) mass is 293 g/mol. The van der Waals surface area contributed by atoms with Crippen molar-refractivity contribution >= 4 is 17.4 Å². The van der Waals surface area contributed by atoms with Crippen molar-refractivity contribution in [2.24, 2.45) is 0 Å². The number of fused-ring (bicyclic) bond motifs is 1. The summed E-state index contributed by atoms with van der Waals surface area (Å²) >= 11 is 5.74. The fourth-order valence-electron chi connectivity index (χ4n) is 1.74. The van der Waals surface area contributed by atoms with Crippen LogP contribution in [0.4, 0.5) is 5.82 Å². The molecule has 0 fully saturated rings. The van der Waals surface area contributed by atoms with Crippen molar-refractivity contribution in [1.82, 2.24) is 9.97 Å². The second-order valence-electron chi connectivity index (χ2n) is 4.02. The van der Waals surface area contributed by atoms with Gasteiger partial charge in [-0.05, 0) is 12.1 Å². The van der Waals surface area contributed by atoms with Gasteiger partial charge in [-0.15, -0.1) is 0 Å². The van der Waals surface area contributed by atoms with Crippen molar-refractivity contribution in [3.05, 3.63) is 35.7 Å². The molecule has 1 aliphatic heterocycles. The maximum atomic E-state index is 5.74. The third kappa shape index (κ3) is 3.03. The average Bonchev–Trinajstić information content (AvgIpc) is 2.91. The van der Waals surface area contributed by atoms with Crippen LogP contribution in [0.2, 0.25) is 5.15 Å². The lowest BCUT2D eigenvalue weighted by Gasteiger charge is -2.08. The molecule has 0 unspecified atom stereocenters. The van der Waals surface area contributed by atoms with Crippen molar-refractivity contribution in [3.8, 4) is 17.2 Å². The lowest BCUT2D eigenvalue weighted by Crippen LogP contribution is -2.12. The van der Waals surface area contributed by atoms with E-state index < -0.39 is 0 Å². The van der Waals surface area contributed by atoms with E-state index >= 15 is 0 Å². The van der Waals surface area contributed by atoms with Crippen LogP contribution in [-0.2, 0) is 0 Å².